The number of ether oxygens (including phenoxy) is 1. The van der Waals surface area contributed by atoms with E-state index < -0.39 is 4.92 Å². The topological polar surface area (TPSA) is 93.5 Å². The van der Waals surface area contributed by atoms with Gasteiger partial charge < -0.3 is 15.4 Å². The molecule has 3 rings (SSSR count). The van der Waals surface area contributed by atoms with Crippen molar-refractivity contribution in [2.45, 2.75) is 46.0 Å². The van der Waals surface area contributed by atoms with E-state index in [-0.39, 0.29) is 16.8 Å². The first kappa shape index (κ1) is 21.2. The molecule has 0 saturated heterocycles. The summed E-state index contributed by atoms with van der Waals surface area (Å²) < 4.78 is 5.28. The Labute approximate surface area is 178 Å². The predicted octanol–water partition coefficient (Wildman–Crippen LogP) is 5.22. The molecule has 0 saturated carbocycles. The van der Waals surface area contributed by atoms with Crippen LogP contribution in [-0.4, -0.2) is 22.6 Å². The number of rotatable bonds is 5. The highest BCUT2D eigenvalue weighted by Crippen LogP contribution is 2.38. The molecule has 9 heteroatoms. The van der Waals surface area contributed by atoms with Gasteiger partial charge in [0.15, 0.2) is 5.11 Å². The largest absolute Gasteiger partial charge is 0.462 e. The van der Waals surface area contributed by atoms with Crippen LogP contribution in [0.15, 0.2) is 18.2 Å². The van der Waals surface area contributed by atoms with Crippen molar-refractivity contribution >= 4 is 51.0 Å². The number of nitrogens with zero attached hydrogens (tertiary/aromatic N) is 1. The number of nitrogens with one attached hydrogen (secondary N) is 2. The van der Waals surface area contributed by atoms with Gasteiger partial charge in [-0.05, 0) is 63.4 Å². The molecule has 0 bridgehead atoms. The molecule has 0 atom stereocenters. The summed E-state index contributed by atoms with van der Waals surface area (Å²) in [6, 6.07) is 4.78. The number of nitro groups is 1. The number of fused-ring (bicyclic) bond motifs is 1. The second kappa shape index (κ2) is 9.32. The second-order valence-electron chi connectivity index (χ2n) is 6.77. The van der Waals surface area contributed by atoms with Gasteiger partial charge in [0, 0.05) is 10.9 Å². The number of anilines is 2. The van der Waals surface area contributed by atoms with Crippen molar-refractivity contribution in [3.63, 3.8) is 0 Å². The summed E-state index contributed by atoms with van der Waals surface area (Å²) in [4.78, 5) is 24.6. The number of esters is 1. The third-order valence-corrected chi connectivity index (χ3v) is 6.29. The lowest BCUT2D eigenvalue weighted by Gasteiger charge is -2.13. The minimum Gasteiger partial charge on any atom is -0.462 e. The minimum atomic E-state index is -0.424. The maximum absolute atomic E-state index is 12.6. The number of carbonyl (C=O) groups excluding carboxylic acids is 1. The first-order valence-corrected chi connectivity index (χ1v) is 10.8. The molecule has 2 aromatic rings. The Morgan fingerprint density at radius 2 is 2.03 bits per heavy atom. The molecule has 0 spiro atoms. The van der Waals surface area contributed by atoms with Crippen LogP contribution in [0.1, 0.15) is 52.5 Å². The number of hydrogen-bond donors (Lipinski definition) is 2. The van der Waals surface area contributed by atoms with Gasteiger partial charge in [-0.1, -0.05) is 12.5 Å². The molecular formula is C20H23N3O4S2. The molecule has 7 nitrogen and oxygen atoms in total. The molecule has 1 aromatic carbocycles. The first-order chi connectivity index (χ1) is 13.9. The van der Waals surface area contributed by atoms with Gasteiger partial charge >= 0.3 is 5.97 Å². The van der Waals surface area contributed by atoms with Gasteiger partial charge in [0.05, 0.1) is 28.3 Å². The SMILES string of the molecule is CCOC(=O)c1c(NC(=S)Nc2cccc([N+](=O)[O-])c2C)sc2c1CCCCC2. The zero-order chi connectivity index (χ0) is 21.0. The summed E-state index contributed by atoms with van der Waals surface area (Å²) in [6.45, 7) is 3.76. The number of carbonyl (C=O) groups is 1. The van der Waals surface area contributed by atoms with Gasteiger partial charge in [-0.3, -0.25) is 10.1 Å². The number of benzene rings is 1. The second-order valence-corrected chi connectivity index (χ2v) is 8.29. The van der Waals surface area contributed by atoms with Crippen molar-refractivity contribution in [1.82, 2.24) is 0 Å². The van der Waals surface area contributed by atoms with Gasteiger partial charge in [-0.15, -0.1) is 11.3 Å². The maximum Gasteiger partial charge on any atom is 0.341 e. The van der Waals surface area contributed by atoms with Crippen LogP contribution in [0.25, 0.3) is 0 Å². The molecule has 0 radical (unpaired) electrons. The molecule has 0 aliphatic heterocycles. The lowest BCUT2D eigenvalue weighted by molar-refractivity contribution is -0.385. The Hall–Kier alpha value is -2.52. The molecular weight excluding hydrogens is 410 g/mol. The van der Waals surface area contributed by atoms with Crippen LogP contribution in [0.2, 0.25) is 0 Å². The molecule has 2 N–H and O–H groups in total. The molecule has 0 amide bonds. The third kappa shape index (κ3) is 4.73. The fourth-order valence-electron chi connectivity index (χ4n) is 3.46. The molecule has 1 aliphatic carbocycles. The molecule has 0 unspecified atom stereocenters. The smallest absolute Gasteiger partial charge is 0.341 e. The molecule has 0 fully saturated rings. The Morgan fingerprint density at radius 1 is 1.28 bits per heavy atom. The van der Waals surface area contributed by atoms with Crippen molar-refractivity contribution in [1.29, 1.82) is 0 Å². The fourth-order valence-corrected chi connectivity index (χ4v) is 5.02. The number of thiocarbonyl (C=S) groups is 1. The Bertz CT molecular complexity index is 955. The lowest BCUT2D eigenvalue weighted by Crippen LogP contribution is -2.21. The summed E-state index contributed by atoms with van der Waals surface area (Å²) in [6.07, 6.45) is 5.10. The Morgan fingerprint density at radius 3 is 2.76 bits per heavy atom. The minimum absolute atomic E-state index is 0.0212. The first-order valence-electron chi connectivity index (χ1n) is 9.56. The monoisotopic (exact) mass is 433 g/mol. The van der Waals surface area contributed by atoms with E-state index >= 15 is 0 Å². The number of thiophene rings is 1. The van der Waals surface area contributed by atoms with Crippen LogP contribution in [0.5, 0.6) is 0 Å². The van der Waals surface area contributed by atoms with E-state index in [1.807, 2.05) is 0 Å². The zero-order valence-corrected chi connectivity index (χ0v) is 18.0. The van der Waals surface area contributed by atoms with E-state index in [9.17, 15) is 14.9 Å². The summed E-state index contributed by atoms with van der Waals surface area (Å²) in [5, 5.41) is 18.2. The van der Waals surface area contributed by atoms with Crippen LogP contribution < -0.4 is 10.6 Å². The van der Waals surface area contributed by atoms with E-state index in [1.165, 1.54) is 22.3 Å². The van der Waals surface area contributed by atoms with E-state index in [1.54, 1.807) is 26.0 Å². The van der Waals surface area contributed by atoms with E-state index in [2.05, 4.69) is 10.6 Å². The zero-order valence-electron chi connectivity index (χ0n) is 16.4. The van der Waals surface area contributed by atoms with Crippen LogP contribution in [-0.2, 0) is 17.6 Å². The van der Waals surface area contributed by atoms with Crippen LogP contribution >= 0.6 is 23.6 Å². The maximum atomic E-state index is 12.6. The molecule has 1 aromatic heterocycles. The quantitative estimate of drug-likeness (QED) is 0.219. The number of aryl methyl sites for hydroxylation is 1. The van der Waals surface area contributed by atoms with Crippen LogP contribution in [0.3, 0.4) is 0 Å². The van der Waals surface area contributed by atoms with Crippen molar-refractivity contribution in [2.75, 3.05) is 17.2 Å². The normalized spacial score (nSPS) is 13.2. The number of nitro benzene ring substituents is 1. The van der Waals surface area contributed by atoms with Gasteiger partial charge in [0.2, 0.25) is 0 Å². The van der Waals surface area contributed by atoms with Gasteiger partial charge in [0.25, 0.3) is 5.69 Å². The Kier molecular flexibility index (Phi) is 6.81. The highest BCUT2D eigenvalue weighted by atomic mass is 32.1. The van der Waals surface area contributed by atoms with E-state index in [0.717, 1.165) is 37.7 Å². The van der Waals surface area contributed by atoms with E-state index in [0.29, 0.717) is 28.4 Å². The third-order valence-electron chi connectivity index (χ3n) is 4.88. The summed E-state index contributed by atoms with van der Waals surface area (Å²) >= 11 is 6.96. The Balaban J connectivity index is 1.86. The van der Waals surface area contributed by atoms with Gasteiger partial charge in [-0.2, -0.15) is 0 Å². The van der Waals surface area contributed by atoms with Crippen molar-refractivity contribution in [2.24, 2.45) is 0 Å². The molecule has 29 heavy (non-hydrogen) atoms. The fraction of sp³-hybridized carbons (Fsp3) is 0.400. The summed E-state index contributed by atoms with van der Waals surface area (Å²) in [5.74, 6) is -0.344. The van der Waals surface area contributed by atoms with E-state index in [4.69, 9.17) is 17.0 Å². The van der Waals surface area contributed by atoms with Crippen LogP contribution in [0.4, 0.5) is 16.4 Å². The van der Waals surface area contributed by atoms with Crippen molar-refractivity contribution < 1.29 is 14.5 Å². The summed E-state index contributed by atoms with van der Waals surface area (Å²) in [7, 11) is 0. The van der Waals surface area contributed by atoms with Crippen molar-refractivity contribution in [3.05, 3.63) is 49.9 Å². The average Bonchev–Trinajstić information content (AvgIpc) is 2.84. The average molecular weight is 434 g/mol. The molecule has 154 valence electrons. The highest BCUT2D eigenvalue weighted by molar-refractivity contribution is 7.80. The van der Waals surface area contributed by atoms with Gasteiger partial charge in [-0.25, -0.2) is 4.79 Å². The van der Waals surface area contributed by atoms with Crippen molar-refractivity contribution in [3.8, 4) is 0 Å². The van der Waals surface area contributed by atoms with Gasteiger partial charge in [0.1, 0.15) is 5.00 Å². The standard InChI is InChI=1S/C20H23N3O4S2/c1-3-27-19(24)17-13-8-5-4-6-11-16(13)29-18(17)22-20(28)21-14-9-7-10-15(12(14)2)23(25)26/h7,9-10H,3-6,8,11H2,1-2H3,(H2,21,22,28). The lowest BCUT2D eigenvalue weighted by atomic mass is 10.1. The molecule has 1 heterocycles. The number of hydrogen-bond acceptors (Lipinski definition) is 6. The highest BCUT2D eigenvalue weighted by Gasteiger charge is 2.26. The van der Waals surface area contributed by atoms with Crippen LogP contribution in [0, 0.1) is 17.0 Å². The molecule has 1 aliphatic rings. The predicted molar refractivity (Wildman–Crippen MR) is 119 cm³/mol. The summed E-state index contributed by atoms with van der Waals surface area (Å²) in [5.41, 5.74) is 2.69.